The molecule has 0 bridgehead atoms. The first-order valence-electron chi connectivity index (χ1n) is 5.45. The quantitative estimate of drug-likeness (QED) is 0.600. The lowest BCUT2D eigenvalue weighted by Gasteiger charge is -2.05. The van der Waals surface area contributed by atoms with E-state index in [1.54, 1.807) is 11.8 Å². The molecule has 1 aromatic heterocycles. The number of aromatic nitrogens is 2. The minimum absolute atomic E-state index is 0.462. The second kappa shape index (κ2) is 6.55. The van der Waals surface area contributed by atoms with E-state index >= 15 is 0 Å². The highest BCUT2D eigenvalue weighted by Crippen LogP contribution is 2.28. The lowest BCUT2D eigenvalue weighted by atomic mass is 10.3. The summed E-state index contributed by atoms with van der Waals surface area (Å²) in [7, 11) is 0. The van der Waals surface area contributed by atoms with Gasteiger partial charge in [-0.05, 0) is 35.0 Å². The third-order valence-corrected chi connectivity index (χ3v) is 4.78. The van der Waals surface area contributed by atoms with E-state index in [2.05, 4.69) is 32.0 Å². The Morgan fingerprint density at radius 1 is 1.33 bits per heavy atom. The molecule has 0 saturated heterocycles. The summed E-state index contributed by atoms with van der Waals surface area (Å²) in [6.45, 7) is 1.96. The monoisotopic (exact) mass is 342 g/mol. The first-order chi connectivity index (χ1) is 8.70. The van der Waals surface area contributed by atoms with Gasteiger partial charge in [0.2, 0.25) is 0 Å². The van der Waals surface area contributed by atoms with Crippen LogP contribution in [0.1, 0.15) is 17.1 Å². The molecule has 18 heavy (non-hydrogen) atoms. The number of alkyl halides is 1. The highest BCUT2D eigenvalue weighted by atomic mass is 79.9. The number of hydrogen-bond donors (Lipinski definition) is 0. The van der Waals surface area contributed by atoms with Crippen LogP contribution in [-0.4, -0.2) is 9.97 Å². The smallest absolute Gasteiger partial charge is 0.138 e. The Kier molecular flexibility index (Phi) is 5.03. The van der Waals surface area contributed by atoms with Gasteiger partial charge in [-0.25, -0.2) is 9.97 Å². The first-order valence-corrected chi connectivity index (χ1v) is 7.76. The van der Waals surface area contributed by atoms with Crippen molar-refractivity contribution in [3.63, 3.8) is 0 Å². The fourth-order valence-corrected chi connectivity index (χ4v) is 3.14. The van der Waals surface area contributed by atoms with Crippen LogP contribution >= 0.6 is 39.3 Å². The minimum atomic E-state index is 0.462. The third kappa shape index (κ3) is 3.46. The van der Waals surface area contributed by atoms with Crippen LogP contribution in [0.15, 0.2) is 39.8 Å². The molecule has 0 radical (unpaired) electrons. The van der Waals surface area contributed by atoms with Crippen LogP contribution in [0.5, 0.6) is 0 Å². The molecule has 2 nitrogen and oxygen atoms in total. The van der Waals surface area contributed by atoms with E-state index in [1.165, 1.54) is 4.90 Å². The van der Waals surface area contributed by atoms with Crippen LogP contribution in [0, 0.1) is 6.92 Å². The molecule has 0 N–H and O–H groups in total. The predicted octanol–water partition coefficient (Wildman–Crippen LogP) is 4.58. The zero-order valence-electron chi connectivity index (χ0n) is 9.86. The van der Waals surface area contributed by atoms with Crippen molar-refractivity contribution in [1.82, 2.24) is 9.97 Å². The fraction of sp³-hybridized carbons (Fsp3) is 0.231. The number of thioether (sulfide) groups is 1. The topological polar surface area (TPSA) is 25.8 Å². The first kappa shape index (κ1) is 13.8. The average Bonchev–Trinajstić information content (AvgIpc) is 2.38. The Labute approximate surface area is 124 Å². The van der Waals surface area contributed by atoms with E-state index in [-0.39, 0.29) is 0 Å². The molecular formula is C13H12BrClN2S. The molecule has 0 atom stereocenters. The van der Waals surface area contributed by atoms with Crippen LogP contribution in [0.3, 0.4) is 0 Å². The number of hydrogen-bond acceptors (Lipinski definition) is 3. The van der Waals surface area contributed by atoms with Gasteiger partial charge in [0.25, 0.3) is 0 Å². The molecule has 0 aliphatic heterocycles. The molecule has 94 valence electrons. The largest absolute Gasteiger partial charge is 0.240 e. The Balaban J connectivity index is 2.07. The van der Waals surface area contributed by atoms with Gasteiger partial charge in [0.15, 0.2) is 0 Å². The van der Waals surface area contributed by atoms with Gasteiger partial charge in [-0.1, -0.05) is 12.1 Å². The standard InChI is InChI=1S/C13H12BrClN2S/c1-9-10(6-15)7-16-13(17-9)8-18-12-5-3-2-4-11(12)14/h2-5,7H,6,8H2,1H3. The maximum atomic E-state index is 5.79. The molecule has 1 heterocycles. The predicted molar refractivity (Wildman–Crippen MR) is 80.0 cm³/mol. The number of nitrogens with zero attached hydrogens (tertiary/aromatic N) is 2. The number of aryl methyl sites for hydroxylation is 1. The van der Waals surface area contributed by atoms with Gasteiger partial charge in [-0.2, -0.15) is 0 Å². The number of benzene rings is 1. The fourth-order valence-electron chi connectivity index (χ4n) is 1.44. The third-order valence-electron chi connectivity index (χ3n) is 2.47. The highest BCUT2D eigenvalue weighted by Gasteiger charge is 2.05. The van der Waals surface area contributed by atoms with Crippen LogP contribution in [0.2, 0.25) is 0 Å². The molecule has 0 unspecified atom stereocenters. The van der Waals surface area contributed by atoms with E-state index in [0.717, 1.165) is 27.3 Å². The summed E-state index contributed by atoms with van der Waals surface area (Å²) in [6, 6.07) is 8.14. The zero-order chi connectivity index (χ0) is 13.0. The van der Waals surface area contributed by atoms with E-state index in [9.17, 15) is 0 Å². The van der Waals surface area contributed by atoms with Crippen LogP contribution < -0.4 is 0 Å². The molecule has 0 aliphatic rings. The molecule has 0 fully saturated rings. The van der Waals surface area contributed by atoms with Crippen molar-refractivity contribution in [3.05, 3.63) is 52.0 Å². The summed E-state index contributed by atoms with van der Waals surface area (Å²) in [4.78, 5) is 9.98. The van der Waals surface area contributed by atoms with Crippen molar-refractivity contribution in [2.45, 2.75) is 23.5 Å². The van der Waals surface area contributed by atoms with Gasteiger partial charge in [0.05, 0.1) is 11.6 Å². The van der Waals surface area contributed by atoms with Crippen molar-refractivity contribution in [2.24, 2.45) is 0 Å². The van der Waals surface area contributed by atoms with Gasteiger partial charge in [-0.3, -0.25) is 0 Å². The Hall–Kier alpha value is -0.580. The normalized spacial score (nSPS) is 10.6. The molecule has 2 rings (SSSR count). The summed E-state index contributed by atoms with van der Waals surface area (Å²) >= 11 is 11.0. The Morgan fingerprint density at radius 3 is 2.78 bits per heavy atom. The van der Waals surface area contributed by atoms with Gasteiger partial charge in [-0.15, -0.1) is 23.4 Å². The summed E-state index contributed by atoms with van der Waals surface area (Å²) in [5.74, 6) is 2.05. The maximum Gasteiger partial charge on any atom is 0.138 e. The van der Waals surface area contributed by atoms with Gasteiger partial charge in [0, 0.05) is 26.8 Å². The van der Waals surface area contributed by atoms with Gasteiger partial charge < -0.3 is 0 Å². The molecule has 5 heteroatoms. The molecule has 0 spiro atoms. The van der Waals surface area contributed by atoms with Crippen LogP contribution in [0.25, 0.3) is 0 Å². The van der Waals surface area contributed by atoms with Crippen molar-refractivity contribution >= 4 is 39.3 Å². The van der Waals surface area contributed by atoms with Crippen LogP contribution in [-0.2, 0) is 11.6 Å². The second-order valence-corrected chi connectivity index (χ2v) is 5.89. The summed E-state index contributed by atoms with van der Waals surface area (Å²) in [5, 5.41) is 0. The van der Waals surface area contributed by atoms with Gasteiger partial charge >= 0.3 is 0 Å². The lowest BCUT2D eigenvalue weighted by molar-refractivity contribution is 0.967. The second-order valence-electron chi connectivity index (χ2n) is 3.75. The molecule has 1 aromatic carbocycles. The van der Waals surface area contributed by atoms with Crippen LogP contribution in [0.4, 0.5) is 0 Å². The minimum Gasteiger partial charge on any atom is -0.240 e. The van der Waals surface area contributed by atoms with Gasteiger partial charge in [0.1, 0.15) is 5.82 Å². The highest BCUT2D eigenvalue weighted by molar-refractivity contribution is 9.10. The number of halogens is 2. The molecule has 2 aromatic rings. The van der Waals surface area contributed by atoms with Crippen molar-refractivity contribution in [2.75, 3.05) is 0 Å². The number of rotatable bonds is 4. The maximum absolute atomic E-state index is 5.79. The molecule has 0 aliphatic carbocycles. The van der Waals surface area contributed by atoms with Crippen molar-refractivity contribution < 1.29 is 0 Å². The molecular weight excluding hydrogens is 332 g/mol. The molecule has 0 amide bonds. The molecule has 0 saturated carbocycles. The summed E-state index contributed by atoms with van der Waals surface area (Å²) in [6.07, 6.45) is 1.81. The van der Waals surface area contributed by atoms with Crippen molar-refractivity contribution in [1.29, 1.82) is 0 Å². The SMILES string of the molecule is Cc1nc(CSc2ccccc2Br)ncc1CCl. The van der Waals surface area contributed by atoms with E-state index in [4.69, 9.17) is 11.6 Å². The average molecular weight is 344 g/mol. The zero-order valence-corrected chi connectivity index (χ0v) is 13.0. The van der Waals surface area contributed by atoms with E-state index in [0.29, 0.717) is 5.88 Å². The summed E-state index contributed by atoms with van der Waals surface area (Å²) in [5.41, 5.74) is 1.95. The lowest BCUT2D eigenvalue weighted by Crippen LogP contribution is -1.98. The Morgan fingerprint density at radius 2 is 2.11 bits per heavy atom. The van der Waals surface area contributed by atoms with E-state index in [1.807, 2.05) is 31.3 Å². The summed E-state index contributed by atoms with van der Waals surface area (Å²) < 4.78 is 1.10. The van der Waals surface area contributed by atoms with Crippen molar-refractivity contribution in [3.8, 4) is 0 Å². The Bertz CT molecular complexity index is 548. The van der Waals surface area contributed by atoms with E-state index < -0.39 is 0 Å².